The lowest BCUT2D eigenvalue weighted by Crippen LogP contribution is -2.15. The van der Waals surface area contributed by atoms with Gasteiger partial charge >= 0.3 is 0 Å². The lowest BCUT2D eigenvalue weighted by molar-refractivity contribution is 0.172. The summed E-state index contributed by atoms with van der Waals surface area (Å²) in [5.74, 6) is 2.22. The predicted octanol–water partition coefficient (Wildman–Crippen LogP) is 3.75. The average molecular weight is 405 g/mol. The standard InChI is InChI=1S/C16H12IN3O2/c17-10-2-1-3-11(6-10)20-16-12-7-14-15(22-5-4-21-14)8-13(12)18-9-19-16/h1-3,6-9H,4-5H2,(H,18,19,20). The van der Waals surface area contributed by atoms with Crippen LogP contribution in [0.15, 0.2) is 42.7 Å². The van der Waals surface area contributed by atoms with E-state index in [1.807, 2.05) is 30.3 Å². The summed E-state index contributed by atoms with van der Waals surface area (Å²) >= 11 is 2.29. The summed E-state index contributed by atoms with van der Waals surface area (Å²) in [5, 5.41) is 4.25. The first kappa shape index (κ1) is 13.6. The Labute approximate surface area is 140 Å². The van der Waals surface area contributed by atoms with E-state index in [0.29, 0.717) is 13.2 Å². The third kappa shape index (κ3) is 2.54. The molecule has 3 aromatic rings. The fourth-order valence-corrected chi connectivity index (χ4v) is 2.94. The Balaban J connectivity index is 1.80. The molecule has 0 saturated carbocycles. The number of anilines is 2. The molecule has 110 valence electrons. The maximum atomic E-state index is 5.65. The van der Waals surface area contributed by atoms with Crippen molar-refractivity contribution in [1.29, 1.82) is 0 Å². The molecule has 0 spiro atoms. The third-order valence-electron chi connectivity index (χ3n) is 3.39. The number of hydrogen-bond donors (Lipinski definition) is 1. The van der Waals surface area contributed by atoms with Gasteiger partial charge in [0, 0.05) is 20.7 Å². The third-order valence-corrected chi connectivity index (χ3v) is 4.06. The van der Waals surface area contributed by atoms with Gasteiger partial charge in [0.25, 0.3) is 0 Å². The Morgan fingerprint density at radius 2 is 1.82 bits per heavy atom. The van der Waals surface area contributed by atoms with Crippen molar-refractivity contribution in [3.63, 3.8) is 0 Å². The molecule has 0 amide bonds. The highest BCUT2D eigenvalue weighted by Gasteiger charge is 2.15. The number of fused-ring (bicyclic) bond motifs is 2. The Morgan fingerprint density at radius 1 is 1.00 bits per heavy atom. The zero-order chi connectivity index (χ0) is 14.9. The van der Waals surface area contributed by atoms with E-state index in [2.05, 4.69) is 43.9 Å². The van der Waals surface area contributed by atoms with Crippen LogP contribution in [0.1, 0.15) is 0 Å². The van der Waals surface area contributed by atoms with Crippen LogP contribution in [0.3, 0.4) is 0 Å². The second-order valence-electron chi connectivity index (χ2n) is 4.87. The van der Waals surface area contributed by atoms with Gasteiger partial charge in [0.2, 0.25) is 0 Å². The van der Waals surface area contributed by atoms with Gasteiger partial charge < -0.3 is 14.8 Å². The molecule has 0 aliphatic carbocycles. The summed E-state index contributed by atoms with van der Waals surface area (Å²) in [6.45, 7) is 1.13. The molecular formula is C16H12IN3O2. The molecule has 22 heavy (non-hydrogen) atoms. The van der Waals surface area contributed by atoms with Gasteiger partial charge in [-0.15, -0.1) is 0 Å². The first-order valence-corrected chi connectivity index (χ1v) is 7.94. The van der Waals surface area contributed by atoms with Crippen molar-refractivity contribution >= 4 is 45.0 Å². The fraction of sp³-hybridized carbons (Fsp3) is 0.125. The summed E-state index contributed by atoms with van der Waals surface area (Å²) in [6, 6.07) is 11.9. The van der Waals surface area contributed by atoms with Crippen LogP contribution >= 0.6 is 22.6 Å². The molecule has 4 rings (SSSR count). The summed E-state index contributed by atoms with van der Waals surface area (Å²) in [6.07, 6.45) is 1.55. The molecule has 0 saturated heterocycles. The number of aromatic nitrogens is 2. The number of hydrogen-bond acceptors (Lipinski definition) is 5. The molecule has 0 unspecified atom stereocenters. The number of ether oxygens (including phenoxy) is 2. The van der Waals surface area contributed by atoms with Gasteiger partial charge in [0.1, 0.15) is 25.4 Å². The molecule has 1 aliphatic rings. The molecular weight excluding hydrogens is 393 g/mol. The number of benzene rings is 2. The van der Waals surface area contributed by atoms with E-state index in [1.165, 1.54) is 0 Å². The van der Waals surface area contributed by atoms with Gasteiger partial charge in [0.05, 0.1) is 5.52 Å². The lowest BCUT2D eigenvalue weighted by Gasteiger charge is -2.19. The average Bonchev–Trinajstić information content (AvgIpc) is 2.53. The van der Waals surface area contributed by atoms with Gasteiger partial charge in [-0.25, -0.2) is 9.97 Å². The fourth-order valence-electron chi connectivity index (χ4n) is 2.40. The smallest absolute Gasteiger partial charge is 0.163 e. The Hall–Kier alpha value is -2.09. The van der Waals surface area contributed by atoms with Gasteiger partial charge in [-0.2, -0.15) is 0 Å². The van der Waals surface area contributed by atoms with E-state index in [0.717, 1.165) is 37.5 Å². The van der Waals surface area contributed by atoms with Crippen molar-refractivity contribution in [3.8, 4) is 11.5 Å². The first-order chi connectivity index (χ1) is 10.8. The summed E-state index contributed by atoms with van der Waals surface area (Å²) in [5.41, 5.74) is 1.81. The zero-order valence-corrected chi connectivity index (χ0v) is 13.7. The highest BCUT2D eigenvalue weighted by Crippen LogP contribution is 2.36. The minimum atomic E-state index is 0.561. The van der Waals surface area contributed by atoms with Gasteiger partial charge in [-0.05, 0) is 46.9 Å². The normalized spacial score (nSPS) is 13.1. The molecule has 0 radical (unpaired) electrons. The van der Waals surface area contributed by atoms with Crippen molar-refractivity contribution in [2.75, 3.05) is 18.5 Å². The van der Waals surface area contributed by atoms with E-state index < -0.39 is 0 Å². The number of rotatable bonds is 2. The number of halogens is 1. The molecule has 0 atom stereocenters. The van der Waals surface area contributed by atoms with E-state index >= 15 is 0 Å². The van der Waals surface area contributed by atoms with Crippen LogP contribution in [0.5, 0.6) is 11.5 Å². The molecule has 0 bridgehead atoms. The topological polar surface area (TPSA) is 56.3 Å². The zero-order valence-electron chi connectivity index (χ0n) is 11.5. The van der Waals surface area contributed by atoms with Crippen LogP contribution in [0.25, 0.3) is 10.9 Å². The van der Waals surface area contributed by atoms with Crippen LogP contribution in [0.2, 0.25) is 0 Å². The highest BCUT2D eigenvalue weighted by atomic mass is 127. The highest BCUT2D eigenvalue weighted by molar-refractivity contribution is 14.1. The molecule has 1 aromatic heterocycles. The predicted molar refractivity (Wildman–Crippen MR) is 93.0 cm³/mol. The SMILES string of the molecule is Ic1cccc(Nc2ncnc3cc4c(cc23)OCCO4)c1. The Morgan fingerprint density at radius 3 is 2.64 bits per heavy atom. The maximum absolute atomic E-state index is 5.65. The van der Waals surface area contributed by atoms with Gasteiger partial charge in [-0.1, -0.05) is 6.07 Å². The van der Waals surface area contributed by atoms with Crippen molar-refractivity contribution in [3.05, 3.63) is 46.3 Å². The molecule has 2 aromatic carbocycles. The Bertz CT molecular complexity index is 854. The van der Waals surface area contributed by atoms with Crippen LogP contribution in [-0.2, 0) is 0 Å². The monoisotopic (exact) mass is 405 g/mol. The van der Waals surface area contributed by atoms with Crippen molar-refractivity contribution < 1.29 is 9.47 Å². The van der Waals surface area contributed by atoms with Gasteiger partial charge in [-0.3, -0.25) is 0 Å². The first-order valence-electron chi connectivity index (χ1n) is 6.86. The molecule has 1 aliphatic heterocycles. The van der Waals surface area contributed by atoms with E-state index in [-0.39, 0.29) is 0 Å². The Kier molecular flexibility index (Phi) is 3.45. The van der Waals surface area contributed by atoms with Crippen LogP contribution < -0.4 is 14.8 Å². The maximum Gasteiger partial charge on any atom is 0.163 e. The quantitative estimate of drug-likeness (QED) is 0.659. The molecule has 1 N–H and O–H groups in total. The minimum Gasteiger partial charge on any atom is -0.486 e. The van der Waals surface area contributed by atoms with Crippen LogP contribution in [0.4, 0.5) is 11.5 Å². The van der Waals surface area contributed by atoms with Crippen molar-refractivity contribution in [2.24, 2.45) is 0 Å². The molecule has 5 nitrogen and oxygen atoms in total. The summed E-state index contributed by atoms with van der Waals surface area (Å²) < 4.78 is 12.4. The second-order valence-corrected chi connectivity index (χ2v) is 6.12. The lowest BCUT2D eigenvalue weighted by atomic mass is 10.2. The van der Waals surface area contributed by atoms with Crippen molar-refractivity contribution in [2.45, 2.75) is 0 Å². The second kappa shape index (κ2) is 5.60. The van der Waals surface area contributed by atoms with E-state index in [4.69, 9.17) is 9.47 Å². The summed E-state index contributed by atoms with van der Waals surface area (Å²) in [4.78, 5) is 8.68. The van der Waals surface area contributed by atoms with Crippen LogP contribution in [0, 0.1) is 3.57 Å². The number of nitrogens with one attached hydrogen (secondary N) is 1. The molecule has 2 heterocycles. The van der Waals surface area contributed by atoms with Crippen LogP contribution in [-0.4, -0.2) is 23.2 Å². The van der Waals surface area contributed by atoms with Gasteiger partial charge in [0.15, 0.2) is 11.5 Å². The van der Waals surface area contributed by atoms with E-state index in [1.54, 1.807) is 6.33 Å². The van der Waals surface area contributed by atoms with Crippen molar-refractivity contribution in [1.82, 2.24) is 9.97 Å². The van der Waals surface area contributed by atoms with E-state index in [9.17, 15) is 0 Å². The molecule has 6 heteroatoms. The largest absolute Gasteiger partial charge is 0.486 e. The number of nitrogens with zero attached hydrogens (tertiary/aromatic N) is 2. The minimum absolute atomic E-state index is 0.561. The molecule has 0 fully saturated rings. The summed E-state index contributed by atoms with van der Waals surface area (Å²) in [7, 11) is 0.